The number of benzene rings is 1. The minimum atomic E-state index is -0.208. The van der Waals surface area contributed by atoms with Crippen molar-refractivity contribution in [2.75, 3.05) is 19.7 Å². The van der Waals surface area contributed by atoms with Crippen LogP contribution >= 0.6 is 15.9 Å². The summed E-state index contributed by atoms with van der Waals surface area (Å²) < 4.78 is 13.8. The molecule has 1 aromatic rings. The predicted molar refractivity (Wildman–Crippen MR) is 69.2 cm³/mol. The highest BCUT2D eigenvalue weighted by molar-refractivity contribution is 9.10. The topological polar surface area (TPSA) is 23.5 Å². The van der Waals surface area contributed by atoms with Gasteiger partial charge in [0.2, 0.25) is 0 Å². The van der Waals surface area contributed by atoms with Crippen LogP contribution in [0.1, 0.15) is 18.4 Å². The molecule has 1 fully saturated rings. The lowest BCUT2D eigenvalue weighted by Crippen LogP contribution is -2.20. The summed E-state index contributed by atoms with van der Waals surface area (Å²) in [5, 5.41) is 8.91. The minimum Gasteiger partial charge on any atom is -0.396 e. The third-order valence-corrected chi connectivity index (χ3v) is 4.05. The Labute approximate surface area is 110 Å². The fourth-order valence-electron chi connectivity index (χ4n) is 2.37. The minimum absolute atomic E-state index is 0.208. The molecule has 0 bridgehead atoms. The van der Waals surface area contributed by atoms with Gasteiger partial charge in [0.15, 0.2) is 0 Å². The molecular weight excluding hydrogens is 285 g/mol. The summed E-state index contributed by atoms with van der Waals surface area (Å²) in [7, 11) is 0. The molecule has 1 saturated heterocycles. The van der Waals surface area contributed by atoms with Gasteiger partial charge < -0.3 is 5.11 Å². The van der Waals surface area contributed by atoms with Gasteiger partial charge in [0.05, 0.1) is 0 Å². The van der Waals surface area contributed by atoms with E-state index in [1.165, 1.54) is 12.1 Å². The van der Waals surface area contributed by atoms with Gasteiger partial charge in [-0.3, -0.25) is 4.90 Å². The van der Waals surface area contributed by atoms with Gasteiger partial charge in [-0.1, -0.05) is 22.0 Å². The summed E-state index contributed by atoms with van der Waals surface area (Å²) >= 11 is 3.39. The molecule has 1 atom stereocenters. The predicted octanol–water partition coefficient (Wildman–Crippen LogP) is 2.79. The van der Waals surface area contributed by atoms with E-state index in [2.05, 4.69) is 20.8 Å². The van der Waals surface area contributed by atoms with Crippen LogP contribution in [-0.4, -0.2) is 29.7 Å². The maximum absolute atomic E-state index is 13.0. The Morgan fingerprint density at radius 3 is 3.00 bits per heavy atom. The lowest BCUT2D eigenvalue weighted by Gasteiger charge is -2.16. The number of rotatable bonds is 4. The lowest BCUT2D eigenvalue weighted by atomic mass is 10.1. The molecule has 4 heteroatoms. The molecule has 2 rings (SSSR count). The van der Waals surface area contributed by atoms with Gasteiger partial charge in [0.1, 0.15) is 5.82 Å². The Bertz CT molecular complexity index is 386. The van der Waals surface area contributed by atoms with Crippen molar-refractivity contribution < 1.29 is 9.50 Å². The third-order valence-electron chi connectivity index (χ3n) is 3.32. The van der Waals surface area contributed by atoms with Crippen molar-refractivity contribution in [3.05, 3.63) is 34.1 Å². The van der Waals surface area contributed by atoms with E-state index in [-0.39, 0.29) is 12.4 Å². The van der Waals surface area contributed by atoms with Gasteiger partial charge in [-0.25, -0.2) is 4.39 Å². The molecule has 94 valence electrons. The smallest absolute Gasteiger partial charge is 0.124 e. The Hall–Kier alpha value is -0.450. The molecular formula is C13H17BrFNO. The zero-order chi connectivity index (χ0) is 12.3. The summed E-state index contributed by atoms with van der Waals surface area (Å²) in [4.78, 5) is 2.36. The van der Waals surface area contributed by atoms with Gasteiger partial charge in [-0.2, -0.15) is 0 Å². The SMILES string of the molecule is OCCC1CCN(Cc2ccc(F)cc2Br)C1. The van der Waals surface area contributed by atoms with Crippen molar-refractivity contribution in [1.82, 2.24) is 4.90 Å². The molecule has 1 aliphatic rings. The second-order valence-electron chi connectivity index (χ2n) is 4.64. The molecule has 0 aromatic heterocycles. The van der Waals surface area contributed by atoms with Gasteiger partial charge in [0.25, 0.3) is 0 Å². The zero-order valence-corrected chi connectivity index (χ0v) is 11.3. The van der Waals surface area contributed by atoms with Crippen molar-refractivity contribution in [2.45, 2.75) is 19.4 Å². The average molecular weight is 302 g/mol. The number of aliphatic hydroxyl groups is 1. The zero-order valence-electron chi connectivity index (χ0n) is 9.70. The van der Waals surface area contributed by atoms with Crippen LogP contribution < -0.4 is 0 Å². The number of aliphatic hydroxyl groups excluding tert-OH is 1. The summed E-state index contributed by atoms with van der Waals surface area (Å²) in [6.07, 6.45) is 2.04. The van der Waals surface area contributed by atoms with E-state index in [0.29, 0.717) is 5.92 Å². The monoisotopic (exact) mass is 301 g/mol. The largest absolute Gasteiger partial charge is 0.396 e. The van der Waals surface area contributed by atoms with Gasteiger partial charge >= 0.3 is 0 Å². The molecule has 1 heterocycles. The standard InChI is InChI=1S/C13H17BrFNO/c14-13-7-12(15)2-1-11(13)9-16-5-3-10(8-16)4-6-17/h1-2,7,10,17H,3-6,8-9H2. The highest BCUT2D eigenvalue weighted by Crippen LogP contribution is 2.24. The van der Waals surface area contributed by atoms with Crippen LogP contribution in [0.15, 0.2) is 22.7 Å². The Balaban J connectivity index is 1.93. The fraction of sp³-hybridized carbons (Fsp3) is 0.538. The molecule has 2 nitrogen and oxygen atoms in total. The van der Waals surface area contributed by atoms with E-state index in [9.17, 15) is 4.39 Å². The first-order valence-electron chi connectivity index (χ1n) is 5.96. The Kier molecular flexibility index (Phi) is 4.54. The summed E-state index contributed by atoms with van der Waals surface area (Å²) in [6.45, 7) is 3.22. The summed E-state index contributed by atoms with van der Waals surface area (Å²) in [6, 6.07) is 4.84. The Morgan fingerprint density at radius 1 is 1.47 bits per heavy atom. The van der Waals surface area contributed by atoms with E-state index >= 15 is 0 Å². The number of hydrogen-bond donors (Lipinski definition) is 1. The van der Waals surface area contributed by atoms with E-state index in [0.717, 1.165) is 42.5 Å². The Morgan fingerprint density at radius 2 is 2.29 bits per heavy atom. The maximum atomic E-state index is 13.0. The van der Waals surface area contributed by atoms with Gasteiger partial charge in [0, 0.05) is 24.2 Å². The first-order valence-corrected chi connectivity index (χ1v) is 6.75. The summed E-state index contributed by atoms with van der Waals surface area (Å²) in [5.41, 5.74) is 1.12. The second kappa shape index (κ2) is 5.94. The first kappa shape index (κ1) is 13.0. The van der Waals surface area contributed by atoms with Crippen molar-refractivity contribution in [3.63, 3.8) is 0 Å². The highest BCUT2D eigenvalue weighted by atomic mass is 79.9. The summed E-state index contributed by atoms with van der Waals surface area (Å²) in [5.74, 6) is 0.402. The second-order valence-corrected chi connectivity index (χ2v) is 5.49. The molecule has 1 aliphatic heterocycles. The first-order chi connectivity index (χ1) is 8.19. The maximum Gasteiger partial charge on any atom is 0.124 e. The van der Waals surface area contributed by atoms with Crippen LogP contribution in [0, 0.1) is 11.7 Å². The molecule has 0 radical (unpaired) electrons. The number of likely N-dealkylation sites (tertiary alicyclic amines) is 1. The molecule has 0 spiro atoms. The van der Waals surface area contributed by atoms with Crippen molar-refractivity contribution in [2.24, 2.45) is 5.92 Å². The quantitative estimate of drug-likeness (QED) is 0.924. The van der Waals surface area contributed by atoms with Crippen LogP contribution in [0.5, 0.6) is 0 Å². The molecule has 17 heavy (non-hydrogen) atoms. The highest BCUT2D eigenvalue weighted by Gasteiger charge is 2.22. The number of nitrogens with zero attached hydrogens (tertiary/aromatic N) is 1. The molecule has 1 aromatic carbocycles. The molecule has 0 saturated carbocycles. The molecule has 1 N–H and O–H groups in total. The van der Waals surface area contributed by atoms with Crippen molar-refractivity contribution in [1.29, 1.82) is 0 Å². The van der Waals surface area contributed by atoms with Crippen molar-refractivity contribution in [3.8, 4) is 0 Å². The molecule has 0 aliphatic carbocycles. The molecule has 0 amide bonds. The van der Waals surface area contributed by atoms with Crippen LogP contribution in [0.2, 0.25) is 0 Å². The van der Waals surface area contributed by atoms with E-state index in [4.69, 9.17) is 5.11 Å². The van der Waals surface area contributed by atoms with Crippen LogP contribution in [0.3, 0.4) is 0 Å². The van der Waals surface area contributed by atoms with Gasteiger partial charge in [-0.15, -0.1) is 0 Å². The third kappa shape index (κ3) is 3.50. The average Bonchev–Trinajstić information content (AvgIpc) is 2.71. The molecule has 1 unspecified atom stereocenters. The van der Waals surface area contributed by atoms with E-state index in [1.54, 1.807) is 0 Å². The van der Waals surface area contributed by atoms with E-state index < -0.39 is 0 Å². The number of halogens is 2. The van der Waals surface area contributed by atoms with Crippen LogP contribution in [0.25, 0.3) is 0 Å². The van der Waals surface area contributed by atoms with Gasteiger partial charge in [-0.05, 0) is 43.0 Å². The van der Waals surface area contributed by atoms with Crippen LogP contribution in [-0.2, 0) is 6.54 Å². The van der Waals surface area contributed by atoms with Crippen LogP contribution in [0.4, 0.5) is 4.39 Å². The lowest BCUT2D eigenvalue weighted by molar-refractivity contribution is 0.249. The normalized spacial score (nSPS) is 21.0. The fourth-order valence-corrected chi connectivity index (χ4v) is 2.84. The number of hydrogen-bond acceptors (Lipinski definition) is 2. The van der Waals surface area contributed by atoms with Crippen molar-refractivity contribution >= 4 is 15.9 Å². The van der Waals surface area contributed by atoms with E-state index in [1.807, 2.05) is 6.07 Å².